The van der Waals surface area contributed by atoms with Gasteiger partial charge < -0.3 is 14.4 Å². The highest BCUT2D eigenvalue weighted by Gasteiger charge is 2.14. The van der Waals surface area contributed by atoms with Crippen molar-refractivity contribution in [2.24, 2.45) is 13.0 Å². The van der Waals surface area contributed by atoms with Crippen LogP contribution in [0.3, 0.4) is 0 Å². The Morgan fingerprint density at radius 1 is 1.48 bits per heavy atom. The molecule has 0 saturated carbocycles. The molecular weight excluding hydrogens is 264 g/mol. The van der Waals surface area contributed by atoms with Crippen molar-refractivity contribution in [3.05, 3.63) is 36.7 Å². The molecule has 1 aromatic rings. The summed E-state index contributed by atoms with van der Waals surface area (Å²) in [7, 11) is 2.06. The molecule has 0 aromatic carbocycles. The van der Waals surface area contributed by atoms with Crippen molar-refractivity contribution in [3.8, 4) is 0 Å². The van der Waals surface area contributed by atoms with Crippen LogP contribution in [0.2, 0.25) is 0 Å². The van der Waals surface area contributed by atoms with Gasteiger partial charge in [0, 0.05) is 32.0 Å². The maximum atomic E-state index is 10.1. The van der Waals surface area contributed by atoms with E-state index in [4.69, 9.17) is 4.74 Å². The molecule has 0 amide bonds. The van der Waals surface area contributed by atoms with Crippen LogP contribution in [0.4, 0.5) is 0 Å². The van der Waals surface area contributed by atoms with E-state index in [9.17, 15) is 5.11 Å². The molecule has 0 saturated heterocycles. The highest BCUT2D eigenvalue weighted by Crippen LogP contribution is 2.09. The van der Waals surface area contributed by atoms with Gasteiger partial charge >= 0.3 is 0 Å². The van der Waals surface area contributed by atoms with Crippen molar-refractivity contribution < 1.29 is 9.84 Å². The van der Waals surface area contributed by atoms with E-state index >= 15 is 0 Å². The number of rotatable bonds is 11. The third-order valence-electron chi connectivity index (χ3n) is 3.47. The first kappa shape index (κ1) is 18.0. The molecule has 120 valence electrons. The van der Waals surface area contributed by atoms with E-state index in [0.29, 0.717) is 25.7 Å². The van der Waals surface area contributed by atoms with Gasteiger partial charge in [-0.25, -0.2) is 0 Å². The second kappa shape index (κ2) is 9.77. The van der Waals surface area contributed by atoms with Crippen molar-refractivity contribution in [2.75, 3.05) is 26.3 Å². The molecule has 1 heterocycles. The van der Waals surface area contributed by atoms with E-state index < -0.39 is 6.10 Å². The Hall–Kier alpha value is -1.10. The minimum absolute atomic E-state index is 0.358. The summed E-state index contributed by atoms with van der Waals surface area (Å²) >= 11 is 0. The highest BCUT2D eigenvalue weighted by molar-refractivity contribution is 5.06. The van der Waals surface area contributed by atoms with Gasteiger partial charge in [-0.05, 0) is 31.0 Å². The number of ether oxygens (including phenoxy) is 1. The van der Waals surface area contributed by atoms with Crippen molar-refractivity contribution in [2.45, 2.75) is 32.9 Å². The van der Waals surface area contributed by atoms with Gasteiger partial charge in [-0.15, -0.1) is 6.58 Å². The Morgan fingerprint density at radius 2 is 2.24 bits per heavy atom. The monoisotopic (exact) mass is 294 g/mol. The predicted octanol–water partition coefficient (Wildman–Crippen LogP) is 2.44. The summed E-state index contributed by atoms with van der Waals surface area (Å²) in [6, 6.07) is 4.18. The van der Waals surface area contributed by atoms with Crippen LogP contribution in [0.25, 0.3) is 0 Å². The molecule has 0 unspecified atom stereocenters. The van der Waals surface area contributed by atoms with Crippen LogP contribution >= 0.6 is 0 Å². The largest absolute Gasteiger partial charge is 0.389 e. The fourth-order valence-corrected chi connectivity index (χ4v) is 2.20. The maximum absolute atomic E-state index is 10.1. The van der Waals surface area contributed by atoms with Gasteiger partial charge in [-0.1, -0.05) is 19.9 Å². The lowest BCUT2D eigenvalue weighted by atomic mass is 10.1. The van der Waals surface area contributed by atoms with Crippen molar-refractivity contribution >= 4 is 0 Å². The number of nitrogens with zero attached hydrogens (tertiary/aromatic N) is 2. The first-order chi connectivity index (χ1) is 10.0. The SMILES string of the molecule is C=CCOC[C@@H](O)CN(CCC(C)C)Cc1cccn1C. The zero-order valence-electron chi connectivity index (χ0n) is 13.7. The Labute approximate surface area is 129 Å². The lowest BCUT2D eigenvalue weighted by Gasteiger charge is -2.26. The number of aliphatic hydroxyl groups is 1. The Morgan fingerprint density at radius 3 is 2.81 bits per heavy atom. The first-order valence-electron chi connectivity index (χ1n) is 7.72. The summed E-state index contributed by atoms with van der Waals surface area (Å²) in [5.41, 5.74) is 1.26. The molecule has 1 aromatic heterocycles. The second-order valence-electron chi connectivity index (χ2n) is 6.01. The fraction of sp³-hybridized carbons (Fsp3) is 0.647. The van der Waals surface area contributed by atoms with Gasteiger partial charge in [0.05, 0.1) is 19.3 Å². The third-order valence-corrected chi connectivity index (χ3v) is 3.47. The molecule has 21 heavy (non-hydrogen) atoms. The van der Waals surface area contributed by atoms with Crippen molar-refractivity contribution in [3.63, 3.8) is 0 Å². The van der Waals surface area contributed by atoms with E-state index in [0.717, 1.165) is 19.5 Å². The molecule has 1 atom stereocenters. The van der Waals surface area contributed by atoms with Gasteiger partial charge in [-0.2, -0.15) is 0 Å². The van der Waals surface area contributed by atoms with E-state index in [1.54, 1.807) is 6.08 Å². The maximum Gasteiger partial charge on any atom is 0.0900 e. The predicted molar refractivity (Wildman–Crippen MR) is 87.2 cm³/mol. The van der Waals surface area contributed by atoms with Crippen LogP contribution in [0, 0.1) is 5.92 Å². The summed E-state index contributed by atoms with van der Waals surface area (Å²) in [5.74, 6) is 0.662. The molecule has 1 N–H and O–H groups in total. The lowest BCUT2D eigenvalue weighted by Crippen LogP contribution is -2.36. The summed E-state index contributed by atoms with van der Waals surface area (Å²) in [4.78, 5) is 2.30. The molecule has 0 aliphatic heterocycles. The summed E-state index contributed by atoms with van der Waals surface area (Å²) < 4.78 is 7.46. The van der Waals surface area contributed by atoms with Crippen LogP contribution in [-0.4, -0.2) is 47.0 Å². The smallest absolute Gasteiger partial charge is 0.0900 e. The van der Waals surface area contributed by atoms with E-state index in [1.807, 2.05) is 0 Å². The average Bonchev–Trinajstić information content (AvgIpc) is 2.82. The molecular formula is C17H30N2O2. The van der Waals surface area contributed by atoms with Gasteiger partial charge in [-0.3, -0.25) is 4.90 Å². The normalized spacial score (nSPS) is 13.0. The van der Waals surface area contributed by atoms with Crippen molar-refractivity contribution in [1.82, 2.24) is 9.47 Å². The number of aryl methyl sites for hydroxylation is 1. The molecule has 1 rings (SSSR count). The topological polar surface area (TPSA) is 37.6 Å². The number of hydrogen-bond acceptors (Lipinski definition) is 3. The Balaban J connectivity index is 2.51. The molecule has 0 bridgehead atoms. The standard InChI is InChI=1S/C17H30N2O2/c1-5-11-21-14-17(20)13-19(10-8-15(2)3)12-16-7-6-9-18(16)4/h5-7,9,15,17,20H,1,8,10-14H2,2-4H3/t17-/m0/s1. The molecule has 0 radical (unpaired) electrons. The lowest BCUT2D eigenvalue weighted by molar-refractivity contribution is 0.0233. The zero-order chi connectivity index (χ0) is 15.7. The van der Waals surface area contributed by atoms with Crippen LogP contribution in [-0.2, 0) is 18.3 Å². The first-order valence-corrected chi connectivity index (χ1v) is 7.72. The molecule has 0 fully saturated rings. The fourth-order valence-electron chi connectivity index (χ4n) is 2.20. The van der Waals surface area contributed by atoms with E-state index in [-0.39, 0.29) is 0 Å². The van der Waals surface area contributed by atoms with Crippen LogP contribution in [0.1, 0.15) is 26.0 Å². The molecule has 4 nitrogen and oxygen atoms in total. The summed E-state index contributed by atoms with van der Waals surface area (Å²) in [6.45, 7) is 11.4. The van der Waals surface area contributed by atoms with Crippen LogP contribution in [0.15, 0.2) is 31.0 Å². The van der Waals surface area contributed by atoms with Crippen LogP contribution in [0.5, 0.6) is 0 Å². The Kier molecular flexibility index (Phi) is 8.35. The van der Waals surface area contributed by atoms with Gasteiger partial charge in [0.2, 0.25) is 0 Å². The van der Waals surface area contributed by atoms with Gasteiger partial charge in [0.25, 0.3) is 0 Å². The minimum Gasteiger partial charge on any atom is -0.389 e. The highest BCUT2D eigenvalue weighted by atomic mass is 16.5. The van der Waals surface area contributed by atoms with Gasteiger partial charge in [0.15, 0.2) is 0 Å². The zero-order valence-corrected chi connectivity index (χ0v) is 13.7. The average molecular weight is 294 g/mol. The van der Waals surface area contributed by atoms with Crippen LogP contribution < -0.4 is 0 Å². The van der Waals surface area contributed by atoms with Gasteiger partial charge in [0.1, 0.15) is 0 Å². The molecule has 4 heteroatoms. The number of hydrogen-bond donors (Lipinski definition) is 1. The number of aromatic nitrogens is 1. The molecule has 0 spiro atoms. The molecule has 0 aliphatic carbocycles. The Bertz CT molecular complexity index is 401. The number of aliphatic hydroxyl groups excluding tert-OH is 1. The molecule has 0 aliphatic rings. The van der Waals surface area contributed by atoms with E-state index in [2.05, 4.69) is 55.3 Å². The summed E-state index contributed by atoms with van der Waals surface area (Å²) in [5, 5.41) is 10.1. The second-order valence-corrected chi connectivity index (χ2v) is 6.01. The quantitative estimate of drug-likeness (QED) is 0.503. The summed E-state index contributed by atoms with van der Waals surface area (Å²) in [6.07, 6.45) is 4.43. The minimum atomic E-state index is -0.461. The van der Waals surface area contributed by atoms with Crippen molar-refractivity contribution in [1.29, 1.82) is 0 Å². The third kappa shape index (κ3) is 7.46. The van der Waals surface area contributed by atoms with E-state index in [1.165, 1.54) is 5.69 Å².